The molecule has 2 saturated heterocycles. The molecule has 0 radical (unpaired) electrons. The second-order valence-electron chi connectivity index (χ2n) is 15.4. The summed E-state index contributed by atoms with van der Waals surface area (Å²) in [5.74, 6) is -3.32. The Bertz CT molecular complexity index is 1570. The summed E-state index contributed by atoms with van der Waals surface area (Å²) < 4.78 is 0. The van der Waals surface area contributed by atoms with E-state index in [1.165, 1.54) is 4.90 Å². The van der Waals surface area contributed by atoms with Gasteiger partial charge in [0.25, 0.3) is 0 Å². The van der Waals surface area contributed by atoms with Crippen molar-refractivity contribution in [2.24, 2.45) is 17.8 Å². The van der Waals surface area contributed by atoms with Gasteiger partial charge in [0, 0.05) is 19.4 Å². The normalized spacial score (nSPS) is 25.8. The fourth-order valence-corrected chi connectivity index (χ4v) is 7.05. The predicted octanol–water partition coefficient (Wildman–Crippen LogP) is 3.04. The van der Waals surface area contributed by atoms with Crippen LogP contribution in [0, 0.1) is 17.8 Å². The predicted molar refractivity (Wildman–Crippen MR) is 203 cm³/mol. The molecule has 0 saturated carbocycles. The summed E-state index contributed by atoms with van der Waals surface area (Å²) >= 11 is 0. The Hall–Kier alpha value is -4.74. The number of nitrogens with one attached hydrogen (secondary N) is 5. The molecule has 2 aliphatic heterocycles. The van der Waals surface area contributed by atoms with Crippen LogP contribution in [0.1, 0.15) is 84.8 Å². The standard InChI is InChI=1S/C41H58N6O6/c1-7-27(6)35-40(52)44-30(21-25(2)3)36(48)45-33(24-29-17-12-9-13-18-29)41(53)47-20-14-19-34(47)39(51)43-32(23-28-15-10-8-11-16-28)37(49)42-31(22-26(4)5)38(50)46-35/h8-13,15-18,25-27,30-35H,7,14,19-24H2,1-6H3,(H,42,49)(H,43,51)(H,44,52)(H,45,48)(H,46,50)/t27-,30-,31+,32-,33+,34-,35-/m0/s1. The molecule has 0 aromatic heterocycles. The summed E-state index contributed by atoms with van der Waals surface area (Å²) in [5.41, 5.74) is 1.61. The molecule has 2 heterocycles. The molecule has 0 aliphatic carbocycles. The van der Waals surface area contributed by atoms with E-state index in [0.717, 1.165) is 11.1 Å². The van der Waals surface area contributed by atoms with Crippen molar-refractivity contribution in [1.82, 2.24) is 31.5 Å². The van der Waals surface area contributed by atoms with E-state index in [-0.39, 0.29) is 43.4 Å². The summed E-state index contributed by atoms with van der Waals surface area (Å²) in [6.07, 6.45) is 2.38. The highest BCUT2D eigenvalue weighted by molar-refractivity contribution is 5.98. The number of hydrogen-bond acceptors (Lipinski definition) is 6. The van der Waals surface area contributed by atoms with Crippen molar-refractivity contribution in [2.75, 3.05) is 6.54 Å². The third kappa shape index (κ3) is 11.6. The first kappa shape index (κ1) is 41.0. The molecule has 0 bridgehead atoms. The Morgan fingerprint density at radius 2 is 1.04 bits per heavy atom. The summed E-state index contributed by atoms with van der Waals surface area (Å²) in [6, 6.07) is 12.6. The quantitative estimate of drug-likeness (QED) is 0.252. The van der Waals surface area contributed by atoms with E-state index >= 15 is 0 Å². The molecule has 2 aromatic carbocycles. The second kappa shape index (κ2) is 19.4. The average Bonchev–Trinajstić information content (AvgIpc) is 3.62. The summed E-state index contributed by atoms with van der Waals surface area (Å²) in [5, 5.41) is 14.5. The van der Waals surface area contributed by atoms with Gasteiger partial charge in [-0.1, -0.05) is 109 Å². The first-order chi connectivity index (χ1) is 25.3. The van der Waals surface area contributed by atoms with Crippen molar-refractivity contribution < 1.29 is 28.8 Å². The summed E-state index contributed by atoms with van der Waals surface area (Å²) in [7, 11) is 0. The monoisotopic (exact) mass is 730 g/mol. The lowest BCUT2D eigenvalue weighted by Gasteiger charge is -2.33. The van der Waals surface area contributed by atoms with Gasteiger partial charge in [-0.25, -0.2) is 0 Å². The van der Waals surface area contributed by atoms with Gasteiger partial charge in [-0.05, 0) is 54.6 Å². The van der Waals surface area contributed by atoms with Crippen LogP contribution < -0.4 is 26.6 Å². The maximum atomic E-state index is 14.4. The molecule has 53 heavy (non-hydrogen) atoms. The van der Waals surface area contributed by atoms with Gasteiger partial charge < -0.3 is 31.5 Å². The highest BCUT2D eigenvalue weighted by Gasteiger charge is 2.41. The van der Waals surface area contributed by atoms with Crippen molar-refractivity contribution >= 4 is 35.4 Å². The number of hydrogen-bond donors (Lipinski definition) is 5. The van der Waals surface area contributed by atoms with E-state index in [1.807, 2.05) is 102 Å². The molecule has 4 rings (SSSR count). The first-order valence-corrected chi connectivity index (χ1v) is 19.2. The van der Waals surface area contributed by atoms with Crippen LogP contribution in [0.15, 0.2) is 60.7 Å². The van der Waals surface area contributed by atoms with Gasteiger partial charge in [0.2, 0.25) is 35.4 Å². The smallest absolute Gasteiger partial charge is 0.246 e. The van der Waals surface area contributed by atoms with Gasteiger partial charge >= 0.3 is 0 Å². The average molecular weight is 731 g/mol. The molecule has 2 fully saturated rings. The maximum Gasteiger partial charge on any atom is 0.246 e. The van der Waals surface area contributed by atoms with Crippen LogP contribution in [-0.2, 0) is 41.6 Å². The van der Waals surface area contributed by atoms with Gasteiger partial charge in [-0.15, -0.1) is 0 Å². The van der Waals surface area contributed by atoms with E-state index in [1.54, 1.807) is 0 Å². The van der Waals surface area contributed by atoms with Gasteiger partial charge in [0.1, 0.15) is 36.3 Å². The zero-order valence-corrected chi connectivity index (χ0v) is 32.0. The lowest BCUT2D eigenvalue weighted by molar-refractivity contribution is -0.143. The van der Waals surface area contributed by atoms with Crippen molar-refractivity contribution in [2.45, 2.75) is 123 Å². The number of amides is 6. The van der Waals surface area contributed by atoms with E-state index in [2.05, 4.69) is 26.6 Å². The number of carbonyl (C=O) groups is 6. The van der Waals surface area contributed by atoms with Crippen molar-refractivity contribution in [3.8, 4) is 0 Å². The van der Waals surface area contributed by atoms with Gasteiger partial charge in [0.15, 0.2) is 0 Å². The third-order valence-corrected chi connectivity index (χ3v) is 10.1. The molecule has 6 amide bonds. The Kier molecular flexibility index (Phi) is 15.0. The summed E-state index contributed by atoms with van der Waals surface area (Å²) in [6.45, 7) is 11.8. The lowest BCUT2D eigenvalue weighted by Crippen LogP contribution is -2.62. The molecular weight excluding hydrogens is 672 g/mol. The van der Waals surface area contributed by atoms with E-state index < -0.39 is 71.7 Å². The Labute approximate surface area is 314 Å². The zero-order valence-electron chi connectivity index (χ0n) is 32.0. The van der Waals surface area contributed by atoms with Gasteiger partial charge in [-0.2, -0.15) is 0 Å². The van der Waals surface area contributed by atoms with Crippen LogP contribution in [0.25, 0.3) is 0 Å². The molecule has 0 unspecified atom stereocenters. The van der Waals surface area contributed by atoms with Crippen molar-refractivity contribution in [1.29, 1.82) is 0 Å². The summed E-state index contributed by atoms with van der Waals surface area (Å²) in [4.78, 5) is 86.3. The number of rotatable bonds is 10. The Morgan fingerprint density at radius 1 is 0.585 bits per heavy atom. The largest absolute Gasteiger partial charge is 0.343 e. The highest BCUT2D eigenvalue weighted by Crippen LogP contribution is 2.21. The SMILES string of the molecule is CC[C@H](C)[C@@H]1NC(=O)[C@@H](CC(C)C)NC(=O)[C@H](Cc2ccccc2)NC(=O)[C@@H]2CCCN2C(=O)[C@@H](Cc2ccccc2)NC(=O)[C@H](CC(C)C)NC1=O. The van der Waals surface area contributed by atoms with Crippen molar-refractivity contribution in [3.05, 3.63) is 71.8 Å². The third-order valence-electron chi connectivity index (χ3n) is 10.1. The van der Waals surface area contributed by atoms with E-state index in [4.69, 9.17) is 0 Å². The number of carbonyl (C=O) groups excluding carboxylic acids is 6. The molecular formula is C41H58N6O6. The molecule has 288 valence electrons. The minimum Gasteiger partial charge on any atom is -0.343 e. The van der Waals surface area contributed by atoms with Crippen LogP contribution in [-0.4, -0.2) is 83.1 Å². The molecule has 2 aromatic rings. The fourth-order valence-electron chi connectivity index (χ4n) is 7.05. The van der Waals surface area contributed by atoms with Crippen LogP contribution in [0.3, 0.4) is 0 Å². The van der Waals surface area contributed by atoms with Crippen LogP contribution in [0.2, 0.25) is 0 Å². The molecule has 5 N–H and O–H groups in total. The molecule has 7 atom stereocenters. The Balaban J connectivity index is 1.79. The molecule has 0 spiro atoms. The van der Waals surface area contributed by atoms with E-state index in [9.17, 15) is 28.8 Å². The maximum absolute atomic E-state index is 14.4. The highest BCUT2D eigenvalue weighted by atomic mass is 16.2. The fraction of sp³-hybridized carbons (Fsp3) is 0.561. The minimum absolute atomic E-state index is 0.00274. The lowest BCUT2D eigenvalue weighted by atomic mass is 9.95. The number of fused-ring (bicyclic) bond motifs is 1. The number of benzene rings is 2. The van der Waals surface area contributed by atoms with Crippen LogP contribution >= 0.6 is 0 Å². The van der Waals surface area contributed by atoms with Crippen LogP contribution in [0.5, 0.6) is 0 Å². The van der Waals surface area contributed by atoms with Gasteiger partial charge in [-0.3, -0.25) is 28.8 Å². The molecule has 2 aliphatic rings. The molecule has 12 nitrogen and oxygen atoms in total. The van der Waals surface area contributed by atoms with E-state index in [0.29, 0.717) is 25.8 Å². The Morgan fingerprint density at radius 3 is 1.57 bits per heavy atom. The van der Waals surface area contributed by atoms with Crippen LogP contribution in [0.4, 0.5) is 0 Å². The van der Waals surface area contributed by atoms with Crippen molar-refractivity contribution in [3.63, 3.8) is 0 Å². The first-order valence-electron chi connectivity index (χ1n) is 19.2. The minimum atomic E-state index is -1.06. The number of nitrogens with zero attached hydrogens (tertiary/aromatic N) is 1. The van der Waals surface area contributed by atoms with Gasteiger partial charge in [0.05, 0.1) is 0 Å². The molecule has 12 heteroatoms. The zero-order chi connectivity index (χ0) is 38.7. The second-order valence-corrected chi connectivity index (χ2v) is 15.4. The topological polar surface area (TPSA) is 166 Å².